The van der Waals surface area contributed by atoms with E-state index < -0.39 is 23.8 Å². The van der Waals surface area contributed by atoms with Crippen molar-refractivity contribution in [3.63, 3.8) is 0 Å². The Morgan fingerprint density at radius 3 is 3.00 bits per heavy atom. The van der Waals surface area contributed by atoms with Crippen LogP contribution < -0.4 is 5.73 Å². The molecule has 2 aromatic rings. The molecule has 0 unspecified atom stereocenters. The third-order valence-electron chi connectivity index (χ3n) is 3.75. The maximum absolute atomic E-state index is 13.9. The Morgan fingerprint density at radius 2 is 2.35 bits per heavy atom. The molecule has 0 radical (unpaired) electrons. The lowest BCUT2D eigenvalue weighted by Gasteiger charge is -2.25. The summed E-state index contributed by atoms with van der Waals surface area (Å²) in [5, 5.41) is 19.4. The minimum Gasteiger partial charge on any atom is -0.393 e. The Bertz CT molecular complexity index is 661. The monoisotopic (exact) mass is 282 g/mol. The van der Waals surface area contributed by atoms with Gasteiger partial charge in [0.25, 0.3) is 0 Å². The molecule has 0 spiro atoms. The number of fused-ring (bicyclic) bond motifs is 1. The van der Waals surface area contributed by atoms with Gasteiger partial charge in [0.05, 0.1) is 18.1 Å². The molecule has 1 aliphatic rings. The molecule has 20 heavy (non-hydrogen) atoms. The van der Waals surface area contributed by atoms with Gasteiger partial charge >= 0.3 is 0 Å². The zero-order valence-corrected chi connectivity index (χ0v) is 10.8. The van der Waals surface area contributed by atoms with E-state index in [1.54, 1.807) is 6.92 Å². The zero-order chi connectivity index (χ0) is 14.5. The van der Waals surface area contributed by atoms with Crippen LogP contribution >= 0.6 is 0 Å². The van der Waals surface area contributed by atoms with E-state index in [0.717, 1.165) is 0 Å². The van der Waals surface area contributed by atoms with E-state index in [2.05, 4.69) is 9.97 Å². The topological polar surface area (TPSA) is 106 Å². The second-order valence-corrected chi connectivity index (χ2v) is 5.14. The van der Waals surface area contributed by atoms with Gasteiger partial charge in [0.1, 0.15) is 24.0 Å². The normalized spacial score (nSPS) is 30.2. The summed E-state index contributed by atoms with van der Waals surface area (Å²) in [4.78, 5) is 7.76. The Morgan fingerprint density at radius 1 is 1.60 bits per heavy atom. The minimum atomic E-state index is -1.07. The van der Waals surface area contributed by atoms with Crippen molar-refractivity contribution in [1.82, 2.24) is 14.5 Å². The van der Waals surface area contributed by atoms with Crippen LogP contribution in [0.1, 0.15) is 19.6 Å². The summed E-state index contributed by atoms with van der Waals surface area (Å²) in [6.07, 6.45) is 1.21. The molecular weight excluding hydrogens is 267 g/mol. The summed E-state index contributed by atoms with van der Waals surface area (Å²) in [5.74, 6) is -0.497. The van der Waals surface area contributed by atoms with Gasteiger partial charge in [-0.05, 0) is 6.92 Å². The summed E-state index contributed by atoms with van der Waals surface area (Å²) < 4.78 is 21.1. The van der Waals surface area contributed by atoms with Crippen LogP contribution in [0.2, 0.25) is 0 Å². The van der Waals surface area contributed by atoms with Crippen LogP contribution in [-0.2, 0) is 4.74 Å². The smallest absolute Gasteiger partial charge is 0.154 e. The first-order valence-corrected chi connectivity index (χ1v) is 6.19. The number of aliphatic hydroxyl groups excluding tert-OH is 2. The Balaban J connectivity index is 2.07. The van der Waals surface area contributed by atoms with E-state index in [-0.39, 0.29) is 24.2 Å². The van der Waals surface area contributed by atoms with Crippen LogP contribution in [0.15, 0.2) is 12.5 Å². The summed E-state index contributed by atoms with van der Waals surface area (Å²) in [6, 6.07) is 0. The minimum absolute atomic E-state index is 0.0507. The largest absolute Gasteiger partial charge is 0.393 e. The number of hydrogen-bond acceptors (Lipinski definition) is 6. The number of halogens is 1. The standard InChI is InChI=1S/C12H15FN4O3/c1-12(4-18)7(19)2-8(20-12)17-3-6(13)9-10(14)15-5-16-11(9)17/h3,5,7-8,18-19H,2,4H2,1H3,(H2,14,15,16)/t7-,8+,12+/m0/s1. The molecule has 1 saturated heterocycles. The van der Waals surface area contributed by atoms with E-state index in [1.807, 2.05) is 0 Å². The number of hydrogen-bond donors (Lipinski definition) is 3. The molecule has 0 amide bonds. The van der Waals surface area contributed by atoms with E-state index in [9.17, 15) is 14.6 Å². The van der Waals surface area contributed by atoms with Crippen molar-refractivity contribution >= 4 is 16.9 Å². The predicted molar refractivity (Wildman–Crippen MR) is 68.1 cm³/mol. The Hall–Kier alpha value is -1.77. The van der Waals surface area contributed by atoms with Gasteiger partial charge in [0, 0.05) is 12.6 Å². The molecule has 1 fully saturated rings. The molecule has 8 heteroatoms. The van der Waals surface area contributed by atoms with Crippen LogP contribution in [0.25, 0.3) is 11.0 Å². The summed E-state index contributed by atoms with van der Waals surface area (Å²) in [6.45, 7) is 1.27. The van der Waals surface area contributed by atoms with Gasteiger partial charge in [-0.3, -0.25) is 0 Å². The number of nitrogen functional groups attached to an aromatic ring is 1. The van der Waals surface area contributed by atoms with Gasteiger partial charge in [-0.25, -0.2) is 14.4 Å². The number of aliphatic hydroxyl groups is 2. The lowest BCUT2D eigenvalue weighted by Crippen LogP contribution is -2.39. The molecule has 4 N–H and O–H groups in total. The molecular formula is C12H15FN4O3. The zero-order valence-electron chi connectivity index (χ0n) is 10.8. The van der Waals surface area contributed by atoms with Gasteiger partial charge in [-0.15, -0.1) is 0 Å². The molecule has 2 aromatic heterocycles. The highest BCUT2D eigenvalue weighted by Crippen LogP contribution is 2.38. The lowest BCUT2D eigenvalue weighted by molar-refractivity contribution is -0.115. The van der Waals surface area contributed by atoms with Crippen LogP contribution in [0.5, 0.6) is 0 Å². The van der Waals surface area contributed by atoms with Crippen molar-refractivity contribution in [2.45, 2.75) is 31.3 Å². The molecule has 0 saturated carbocycles. The van der Waals surface area contributed by atoms with Crippen molar-refractivity contribution in [3.8, 4) is 0 Å². The number of aromatic nitrogens is 3. The van der Waals surface area contributed by atoms with Crippen LogP contribution in [0.4, 0.5) is 10.2 Å². The summed E-state index contributed by atoms with van der Waals surface area (Å²) in [7, 11) is 0. The molecule has 3 rings (SSSR count). The molecule has 0 bridgehead atoms. The Labute approximate surface area is 113 Å². The fraction of sp³-hybridized carbons (Fsp3) is 0.500. The highest BCUT2D eigenvalue weighted by atomic mass is 19.1. The van der Waals surface area contributed by atoms with Crippen LogP contribution in [-0.4, -0.2) is 43.1 Å². The van der Waals surface area contributed by atoms with Crippen LogP contribution in [0, 0.1) is 5.82 Å². The molecule has 3 heterocycles. The maximum Gasteiger partial charge on any atom is 0.154 e. The van der Waals surface area contributed by atoms with Gasteiger partial charge in [-0.1, -0.05) is 0 Å². The van der Waals surface area contributed by atoms with Crippen LogP contribution in [0.3, 0.4) is 0 Å². The van der Waals surface area contributed by atoms with E-state index in [1.165, 1.54) is 17.1 Å². The number of nitrogens with two attached hydrogens (primary N) is 1. The fourth-order valence-electron chi connectivity index (χ4n) is 2.47. The van der Waals surface area contributed by atoms with Crippen molar-refractivity contribution < 1.29 is 19.3 Å². The SMILES string of the molecule is C[C@]1(CO)O[C@@H](n2cc(F)c3c(N)ncnc32)C[C@@H]1O. The third kappa shape index (κ3) is 1.76. The first-order valence-electron chi connectivity index (χ1n) is 6.19. The van der Waals surface area contributed by atoms with Gasteiger partial charge in [-0.2, -0.15) is 0 Å². The quantitative estimate of drug-likeness (QED) is 0.725. The van der Waals surface area contributed by atoms with E-state index in [0.29, 0.717) is 5.65 Å². The second-order valence-electron chi connectivity index (χ2n) is 5.14. The van der Waals surface area contributed by atoms with Crippen molar-refractivity contribution in [2.75, 3.05) is 12.3 Å². The highest BCUT2D eigenvalue weighted by Gasteiger charge is 2.45. The van der Waals surface area contributed by atoms with Crippen molar-refractivity contribution in [3.05, 3.63) is 18.3 Å². The predicted octanol–water partition coefficient (Wildman–Crippen LogP) is 0.183. The second kappa shape index (κ2) is 4.37. The first-order chi connectivity index (χ1) is 9.46. The molecule has 108 valence electrons. The third-order valence-corrected chi connectivity index (χ3v) is 3.75. The van der Waals surface area contributed by atoms with Gasteiger partial charge in [0.2, 0.25) is 0 Å². The molecule has 1 aliphatic heterocycles. The van der Waals surface area contributed by atoms with Gasteiger partial charge in [0.15, 0.2) is 11.5 Å². The van der Waals surface area contributed by atoms with E-state index in [4.69, 9.17) is 10.5 Å². The van der Waals surface area contributed by atoms with E-state index >= 15 is 0 Å². The number of nitrogens with zero attached hydrogens (tertiary/aromatic N) is 3. The first kappa shape index (κ1) is 13.2. The number of rotatable bonds is 2. The average molecular weight is 282 g/mol. The van der Waals surface area contributed by atoms with Crippen molar-refractivity contribution in [1.29, 1.82) is 0 Å². The molecule has 0 aromatic carbocycles. The highest BCUT2D eigenvalue weighted by molar-refractivity contribution is 5.86. The average Bonchev–Trinajstić information content (AvgIpc) is 2.90. The lowest BCUT2D eigenvalue weighted by atomic mass is 10.0. The maximum atomic E-state index is 13.9. The molecule has 0 aliphatic carbocycles. The van der Waals surface area contributed by atoms with Gasteiger partial charge < -0.3 is 25.3 Å². The summed E-state index contributed by atoms with van der Waals surface area (Å²) >= 11 is 0. The number of ether oxygens (including phenoxy) is 1. The summed E-state index contributed by atoms with van der Waals surface area (Å²) in [5.41, 5.74) is 4.87. The fourth-order valence-corrected chi connectivity index (χ4v) is 2.47. The van der Waals surface area contributed by atoms with Crippen molar-refractivity contribution in [2.24, 2.45) is 0 Å². The Kier molecular flexibility index (Phi) is 2.89. The number of anilines is 1. The molecule has 7 nitrogen and oxygen atoms in total. The molecule has 3 atom stereocenters.